The Morgan fingerprint density at radius 1 is 1.21 bits per heavy atom. The summed E-state index contributed by atoms with van der Waals surface area (Å²) >= 11 is 1.13. The van der Waals surface area contributed by atoms with E-state index in [1.807, 2.05) is 0 Å². The predicted octanol–water partition coefficient (Wildman–Crippen LogP) is 4.38. The van der Waals surface area contributed by atoms with Gasteiger partial charge in [0.05, 0.1) is 30.3 Å². The van der Waals surface area contributed by atoms with Gasteiger partial charge < -0.3 is 20.0 Å². The molecule has 0 atom stereocenters. The van der Waals surface area contributed by atoms with Crippen molar-refractivity contribution in [2.75, 3.05) is 12.8 Å². The van der Waals surface area contributed by atoms with Gasteiger partial charge in [-0.3, -0.25) is 4.79 Å². The van der Waals surface area contributed by atoms with Crippen LogP contribution >= 0.6 is 11.3 Å². The highest BCUT2D eigenvalue weighted by molar-refractivity contribution is 7.21. The Balaban J connectivity index is 1.97. The summed E-state index contributed by atoms with van der Waals surface area (Å²) in [7, 11) is 1.55. The number of carboxylic acid groups (broad SMARTS) is 1. The molecule has 8 heteroatoms. The van der Waals surface area contributed by atoms with Crippen molar-refractivity contribution in [2.45, 2.75) is 6.92 Å². The third-order valence-corrected chi connectivity index (χ3v) is 5.70. The first-order valence-corrected chi connectivity index (χ1v) is 9.42. The first-order valence-electron chi connectivity index (χ1n) is 8.60. The molecule has 4 rings (SSSR count). The lowest BCUT2D eigenvalue weighted by atomic mass is 9.99. The van der Waals surface area contributed by atoms with Crippen LogP contribution in [0.15, 0.2) is 47.1 Å². The van der Waals surface area contributed by atoms with Crippen LogP contribution in [0.5, 0.6) is 5.75 Å². The maximum absolute atomic E-state index is 13.1. The second-order valence-electron chi connectivity index (χ2n) is 6.31. The molecule has 0 saturated heterocycles. The summed E-state index contributed by atoms with van der Waals surface area (Å²) in [5.74, 6) is -0.426. The number of nitrogens with two attached hydrogens (primary N) is 1. The number of hydrogen-bond acceptors (Lipinski definition) is 7. The number of furan rings is 1. The summed E-state index contributed by atoms with van der Waals surface area (Å²) < 4.78 is 10.6. The first kappa shape index (κ1) is 18.7. The summed E-state index contributed by atoms with van der Waals surface area (Å²) in [6, 6.07) is 10.0. The Hall–Kier alpha value is -3.65. The third kappa shape index (κ3) is 3.03. The number of ether oxygens (including phenoxy) is 1. The molecular formula is C21H16N2O5S. The van der Waals surface area contributed by atoms with Gasteiger partial charge in [-0.15, -0.1) is 11.3 Å². The number of rotatable bonds is 5. The van der Waals surface area contributed by atoms with Crippen LogP contribution in [-0.4, -0.2) is 29.0 Å². The average molecular weight is 408 g/mol. The lowest BCUT2D eigenvalue weighted by Crippen LogP contribution is -2.06. The van der Waals surface area contributed by atoms with E-state index in [2.05, 4.69) is 4.98 Å². The average Bonchev–Trinajstić information content (AvgIpc) is 3.35. The standard InChI is InChI=1S/C21H16N2O5S/c1-10-14(21(25)26)15(13-4-3-9-28-13)16-17(22)19(29-20(16)23-10)18(24)11-5-7-12(27-2)8-6-11/h3-9H,22H2,1-2H3,(H,25,26). The molecule has 29 heavy (non-hydrogen) atoms. The van der Waals surface area contributed by atoms with Gasteiger partial charge >= 0.3 is 5.97 Å². The van der Waals surface area contributed by atoms with Crippen molar-refractivity contribution in [3.63, 3.8) is 0 Å². The molecule has 0 aliphatic carbocycles. The van der Waals surface area contributed by atoms with Crippen molar-refractivity contribution >= 4 is 39.0 Å². The molecule has 146 valence electrons. The number of benzene rings is 1. The molecule has 0 aliphatic heterocycles. The molecule has 0 radical (unpaired) electrons. The van der Waals surface area contributed by atoms with Crippen molar-refractivity contribution in [2.24, 2.45) is 0 Å². The van der Waals surface area contributed by atoms with E-state index in [0.717, 1.165) is 11.3 Å². The number of hydrogen-bond donors (Lipinski definition) is 2. The number of ketones is 1. The van der Waals surface area contributed by atoms with E-state index in [9.17, 15) is 14.7 Å². The van der Waals surface area contributed by atoms with Gasteiger partial charge in [0.15, 0.2) is 0 Å². The maximum Gasteiger partial charge on any atom is 0.338 e. The van der Waals surface area contributed by atoms with Crippen LogP contribution < -0.4 is 10.5 Å². The fraction of sp³-hybridized carbons (Fsp3) is 0.0952. The minimum atomic E-state index is -1.14. The number of aromatic carboxylic acids is 1. The smallest absolute Gasteiger partial charge is 0.338 e. The van der Waals surface area contributed by atoms with Crippen molar-refractivity contribution in [3.8, 4) is 17.1 Å². The Morgan fingerprint density at radius 3 is 2.52 bits per heavy atom. The summed E-state index contributed by atoms with van der Waals surface area (Å²) in [6.07, 6.45) is 1.45. The van der Waals surface area contributed by atoms with E-state index in [-0.39, 0.29) is 17.0 Å². The molecular weight excluding hydrogens is 392 g/mol. The quantitative estimate of drug-likeness (QED) is 0.471. The van der Waals surface area contributed by atoms with E-state index >= 15 is 0 Å². The fourth-order valence-electron chi connectivity index (χ4n) is 3.24. The van der Waals surface area contributed by atoms with Crippen molar-refractivity contribution in [1.82, 2.24) is 4.98 Å². The number of pyridine rings is 1. The predicted molar refractivity (Wildman–Crippen MR) is 110 cm³/mol. The third-order valence-electron chi connectivity index (χ3n) is 4.60. The van der Waals surface area contributed by atoms with Crippen LogP contribution in [0.1, 0.15) is 31.3 Å². The number of nitrogens with zero attached hydrogens (tertiary/aromatic N) is 1. The molecule has 0 unspecified atom stereocenters. The van der Waals surface area contributed by atoms with E-state index in [1.165, 1.54) is 6.26 Å². The number of methoxy groups -OCH3 is 1. The van der Waals surface area contributed by atoms with Crippen molar-refractivity contribution < 1.29 is 23.8 Å². The molecule has 0 saturated carbocycles. The highest BCUT2D eigenvalue weighted by Crippen LogP contribution is 2.42. The van der Waals surface area contributed by atoms with Gasteiger partial charge in [0.25, 0.3) is 0 Å². The van der Waals surface area contributed by atoms with E-state index < -0.39 is 5.97 Å². The first-order chi connectivity index (χ1) is 13.9. The molecule has 7 nitrogen and oxygen atoms in total. The summed E-state index contributed by atoms with van der Waals surface area (Å²) in [4.78, 5) is 30.2. The molecule has 3 aromatic heterocycles. The van der Waals surface area contributed by atoms with Gasteiger partial charge in [-0.1, -0.05) is 0 Å². The number of aryl methyl sites for hydroxylation is 1. The zero-order chi connectivity index (χ0) is 20.7. The number of carboxylic acids is 1. The van der Waals surface area contributed by atoms with E-state index in [0.29, 0.717) is 43.4 Å². The highest BCUT2D eigenvalue weighted by atomic mass is 32.1. The van der Waals surface area contributed by atoms with Gasteiger partial charge in [0.1, 0.15) is 21.2 Å². The number of nitrogen functional groups attached to an aromatic ring is 1. The van der Waals surface area contributed by atoms with Crippen LogP contribution in [0.4, 0.5) is 5.69 Å². The lowest BCUT2D eigenvalue weighted by Gasteiger charge is -2.09. The van der Waals surface area contributed by atoms with Crippen LogP contribution in [0.25, 0.3) is 21.5 Å². The second-order valence-corrected chi connectivity index (χ2v) is 7.31. The molecule has 0 aliphatic rings. The summed E-state index contributed by atoms with van der Waals surface area (Å²) in [6.45, 7) is 1.61. The minimum Gasteiger partial charge on any atom is -0.497 e. The zero-order valence-electron chi connectivity index (χ0n) is 15.6. The molecule has 4 aromatic rings. The normalized spacial score (nSPS) is 11.0. The molecule has 0 spiro atoms. The highest BCUT2D eigenvalue weighted by Gasteiger charge is 2.27. The van der Waals surface area contributed by atoms with Crippen LogP contribution in [-0.2, 0) is 0 Å². The fourth-order valence-corrected chi connectivity index (χ4v) is 4.35. The monoisotopic (exact) mass is 408 g/mol. The van der Waals surface area contributed by atoms with Gasteiger partial charge in [0.2, 0.25) is 5.78 Å². The van der Waals surface area contributed by atoms with Crippen LogP contribution in [0, 0.1) is 6.92 Å². The van der Waals surface area contributed by atoms with Gasteiger partial charge in [0, 0.05) is 16.5 Å². The molecule has 3 N–H and O–H groups in total. The maximum atomic E-state index is 13.1. The van der Waals surface area contributed by atoms with Crippen LogP contribution in [0.3, 0.4) is 0 Å². The van der Waals surface area contributed by atoms with Crippen molar-refractivity contribution in [1.29, 1.82) is 0 Å². The summed E-state index contributed by atoms with van der Waals surface area (Å²) in [5, 5.41) is 10.1. The minimum absolute atomic E-state index is 0.000367. The topological polar surface area (TPSA) is 116 Å². The Bertz CT molecular complexity index is 1240. The molecule has 0 bridgehead atoms. The van der Waals surface area contributed by atoms with Gasteiger partial charge in [-0.2, -0.15) is 0 Å². The van der Waals surface area contributed by atoms with E-state index in [1.54, 1.807) is 50.4 Å². The molecule has 1 aromatic carbocycles. The lowest BCUT2D eigenvalue weighted by molar-refractivity contribution is 0.0696. The number of anilines is 1. The number of thiophene rings is 1. The molecule has 3 heterocycles. The summed E-state index contributed by atoms with van der Waals surface area (Å²) in [5.41, 5.74) is 7.63. The number of carbonyl (C=O) groups excluding carboxylic acids is 1. The Kier molecular flexibility index (Phi) is 4.56. The number of fused-ring (bicyclic) bond motifs is 1. The van der Waals surface area contributed by atoms with Crippen molar-refractivity contribution in [3.05, 3.63) is 64.4 Å². The zero-order valence-corrected chi connectivity index (χ0v) is 16.4. The van der Waals surface area contributed by atoms with Crippen LogP contribution in [0.2, 0.25) is 0 Å². The SMILES string of the molecule is COc1ccc(C(=O)c2sc3nc(C)c(C(=O)O)c(-c4ccco4)c3c2N)cc1. The Labute approximate surface area is 169 Å². The molecule has 0 fully saturated rings. The van der Waals surface area contributed by atoms with E-state index in [4.69, 9.17) is 14.9 Å². The Morgan fingerprint density at radius 2 is 1.93 bits per heavy atom. The number of carbonyl (C=O) groups is 2. The van der Waals surface area contributed by atoms with Gasteiger partial charge in [-0.05, 0) is 43.3 Å². The number of aromatic nitrogens is 1. The largest absolute Gasteiger partial charge is 0.497 e. The molecule has 0 amide bonds. The van der Waals surface area contributed by atoms with Gasteiger partial charge in [-0.25, -0.2) is 9.78 Å². The second kappa shape index (κ2) is 7.06.